The number of carboxylic acid groups (broad SMARTS) is 1. The highest BCUT2D eigenvalue weighted by molar-refractivity contribution is 5.98. The molecule has 184 valence electrons. The van der Waals surface area contributed by atoms with Gasteiger partial charge in [-0.2, -0.15) is 5.10 Å². The van der Waals surface area contributed by atoms with Crippen molar-refractivity contribution in [1.82, 2.24) is 19.7 Å². The van der Waals surface area contributed by atoms with Gasteiger partial charge in [-0.25, -0.2) is 14.5 Å². The van der Waals surface area contributed by atoms with Gasteiger partial charge in [0.05, 0.1) is 22.5 Å². The van der Waals surface area contributed by atoms with Crippen LogP contribution in [-0.2, 0) is 0 Å². The summed E-state index contributed by atoms with van der Waals surface area (Å²) in [5.74, 6) is 0.127. The van der Waals surface area contributed by atoms with Gasteiger partial charge in [0.2, 0.25) is 0 Å². The Hall–Kier alpha value is -2.93. The molecule has 1 unspecified atom stereocenters. The Balaban J connectivity index is 1.39. The van der Waals surface area contributed by atoms with Crippen molar-refractivity contribution in [3.63, 3.8) is 0 Å². The second kappa shape index (κ2) is 9.26. The lowest BCUT2D eigenvalue weighted by Crippen LogP contribution is -2.43. The van der Waals surface area contributed by atoms with Crippen LogP contribution in [0.15, 0.2) is 36.4 Å². The van der Waals surface area contributed by atoms with E-state index >= 15 is 0 Å². The lowest BCUT2D eigenvalue weighted by atomic mass is 9.81. The molecule has 1 saturated carbocycles. The second-order valence-corrected chi connectivity index (χ2v) is 10.6. The van der Waals surface area contributed by atoms with Crippen molar-refractivity contribution in [3.8, 4) is 5.69 Å². The van der Waals surface area contributed by atoms with E-state index < -0.39 is 5.97 Å². The first-order chi connectivity index (χ1) is 17.1. The van der Waals surface area contributed by atoms with E-state index in [2.05, 4.69) is 21.7 Å². The molecule has 0 spiro atoms. The van der Waals surface area contributed by atoms with E-state index in [1.807, 2.05) is 35.0 Å². The number of benzene rings is 1. The summed E-state index contributed by atoms with van der Waals surface area (Å²) in [7, 11) is 0. The number of carbonyl (C=O) groups is 1. The number of fused-ring (bicyclic) bond motifs is 1. The maximum Gasteiger partial charge on any atom is 0.354 e. The fourth-order valence-electron chi connectivity index (χ4n) is 6.27. The zero-order valence-corrected chi connectivity index (χ0v) is 20.6. The van der Waals surface area contributed by atoms with Crippen molar-refractivity contribution in [2.24, 2.45) is 5.92 Å². The van der Waals surface area contributed by atoms with Crippen molar-refractivity contribution in [3.05, 3.63) is 47.8 Å². The Morgan fingerprint density at radius 3 is 2.34 bits per heavy atom. The number of aromatic nitrogens is 3. The average Bonchev–Trinajstić information content (AvgIpc) is 3.52. The number of aromatic carboxylic acids is 1. The van der Waals surface area contributed by atoms with E-state index in [0.717, 1.165) is 61.2 Å². The number of likely N-dealkylation sites (tertiary alicyclic amines) is 1. The predicted octanol–water partition coefficient (Wildman–Crippen LogP) is 5.09. The van der Waals surface area contributed by atoms with E-state index in [1.165, 1.54) is 32.4 Å². The number of hydrogen-bond donors (Lipinski definition) is 1. The minimum Gasteiger partial charge on any atom is -0.477 e. The summed E-state index contributed by atoms with van der Waals surface area (Å²) >= 11 is 0. The Labute approximate surface area is 206 Å². The number of anilines is 1. The molecule has 4 heterocycles. The molecule has 3 fully saturated rings. The number of carboxylic acids is 1. The summed E-state index contributed by atoms with van der Waals surface area (Å²) < 4.78 is 1.86. The third-order valence-electron chi connectivity index (χ3n) is 8.63. The molecule has 7 heteroatoms. The summed E-state index contributed by atoms with van der Waals surface area (Å²) in [6.07, 6.45) is 8.41. The van der Waals surface area contributed by atoms with Crippen LogP contribution in [0.5, 0.6) is 0 Å². The Kier molecular flexibility index (Phi) is 5.96. The first-order valence-corrected chi connectivity index (χ1v) is 13.3. The molecule has 1 aromatic carbocycles. The predicted molar refractivity (Wildman–Crippen MR) is 138 cm³/mol. The van der Waals surface area contributed by atoms with Gasteiger partial charge in [-0.15, -0.1) is 0 Å². The number of rotatable bonds is 6. The van der Waals surface area contributed by atoms with E-state index in [0.29, 0.717) is 23.5 Å². The molecular formula is C28H35N5O2. The largest absolute Gasteiger partial charge is 0.477 e. The molecule has 3 aliphatic rings. The van der Waals surface area contributed by atoms with Crippen molar-refractivity contribution in [2.45, 2.75) is 63.8 Å². The number of para-hydroxylation sites is 1. The number of nitrogens with zero attached hydrogens (tertiary/aromatic N) is 5. The molecule has 7 nitrogen and oxygen atoms in total. The number of pyridine rings is 1. The van der Waals surface area contributed by atoms with Gasteiger partial charge in [0, 0.05) is 25.0 Å². The van der Waals surface area contributed by atoms with Crippen LogP contribution in [0.1, 0.15) is 74.0 Å². The molecule has 2 aliphatic heterocycles. The highest BCUT2D eigenvalue weighted by atomic mass is 16.4. The van der Waals surface area contributed by atoms with Gasteiger partial charge in [-0.3, -0.25) is 0 Å². The summed E-state index contributed by atoms with van der Waals surface area (Å²) in [6.45, 7) is 6.76. The molecule has 35 heavy (non-hydrogen) atoms. The van der Waals surface area contributed by atoms with Crippen LogP contribution < -0.4 is 4.90 Å². The molecule has 0 radical (unpaired) electrons. The van der Waals surface area contributed by atoms with E-state index in [9.17, 15) is 9.90 Å². The molecule has 2 saturated heterocycles. The summed E-state index contributed by atoms with van der Waals surface area (Å²) in [4.78, 5) is 21.8. The molecule has 1 aliphatic carbocycles. The summed E-state index contributed by atoms with van der Waals surface area (Å²) in [5.41, 5.74) is 3.77. The minimum atomic E-state index is -0.989. The van der Waals surface area contributed by atoms with Crippen LogP contribution in [0, 0.1) is 5.92 Å². The first kappa shape index (κ1) is 22.5. The quantitative estimate of drug-likeness (QED) is 0.538. The monoisotopic (exact) mass is 473 g/mol. The van der Waals surface area contributed by atoms with E-state index in [-0.39, 0.29) is 5.69 Å². The van der Waals surface area contributed by atoms with Gasteiger partial charge in [-0.1, -0.05) is 24.6 Å². The maximum absolute atomic E-state index is 12.1. The topological polar surface area (TPSA) is 74.5 Å². The van der Waals surface area contributed by atoms with Crippen LogP contribution in [0.25, 0.3) is 16.7 Å². The molecule has 0 bridgehead atoms. The molecule has 1 atom stereocenters. The molecule has 3 aromatic rings. The van der Waals surface area contributed by atoms with Crippen LogP contribution >= 0.6 is 0 Å². The van der Waals surface area contributed by atoms with Crippen molar-refractivity contribution in [1.29, 1.82) is 0 Å². The smallest absolute Gasteiger partial charge is 0.354 e. The standard InChI is InChI=1S/C28H35N5O2/c1-19(31-14-5-6-15-31)20-12-16-32(17-13-20)24-18-23(28(34)35)29-27-25(24)26(21-8-7-9-21)30-33(27)22-10-3-2-4-11-22/h2-4,10-11,18-21H,5-9,12-17H2,1H3,(H,34,35). The highest BCUT2D eigenvalue weighted by Crippen LogP contribution is 2.43. The van der Waals surface area contributed by atoms with Gasteiger partial charge >= 0.3 is 5.97 Å². The SMILES string of the molecule is CC(C1CCN(c2cc(C(=O)O)nc3c2c(C2CCC2)nn3-c2ccccc2)CC1)N1CCCC1. The Morgan fingerprint density at radius 2 is 1.71 bits per heavy atom. The summed E-state index contributed by atoms with van der Waals surface area (Å²) in [6, 6.07) is 12.4. The lowest BCUT2D eigenvalue weighted by molar-refractivity contribution is 0.0691. The van der Waals surface area contributed by atoms with E-state index in [1.54, 1.807) is 6.07 Å². The van der Waals surface area contributed by atoms with Gasteiger partial charge in [-0.05, 0) is 82.7 Å². The van der Waals surface area contributed by atoms with Gasteiger partial charge < -0.3 is 14.9 Å². The fourth-order valence-corrected chi connectivity index (χ4v) is 6.27. The van der Waals surface area contributed by atoms with Crippen molar-refractivity contribution >= 4 is 22.7 Å². The van der Waals surface area contributed by atoms with E-state index in [4.69, 9.17) is 5.10 Å². The Bertz CT molecular complexity index is 1210. The fraction of sp³-hybridized carbons (Fsp3) is 0.536. The van der Waals surface area contributed by atoms with Crippen molar-refractivity contribution in [2.75, 3.05) is 31.1 Å². The maximum atomic E-state index is 12.1. The summed E-state index contributed by atoms with van der Waals surface area (Å²) in [5, 5.41) is 16.0. The zero-order chi connectivity index (χ0) is 23.9. The van der Waals surface area contributed by atoms with Crippen LogP contribution in [-0.4, -0.2) is 63.0 Å². The Morgan fingerprint density at radius 1 is 1.00 bits per heavy atom. The normalized spacial score (nSPS) is 20.9. The molecule has 6 rings (SSSR count). The highest BCUT2D eigenvalue weighted by Gasteiger charge is 2.33. The minimum absolute atomic E-state index is 0.0947. The number of piperidine rings is 1. The van der Waals surface area contributed by atoms with Crippen LogP contribution in [0.2, 0.25) is 0 Å². The third kappa shape index (κ3) is 4.10. The third-order valence-corrected chi connectivity index (χ3v) is 8.63. The van der Waals surface area contributed by atoms with Crippen molar-refractivity contribution < 1.29 is 9.90 Å². The molecule has 1 N–H and O–H groups in total. The average molecular weight is 474 g/mol. The zero-order valence-electron chi connectivity index (χ0n) is 20.6. The second-order valence-electron chi connectivity index (χ2n) is 10.6. The number of hydrogen-bond acceptors (Lipinski definition) is 5. The molecule has 0 amide bonds. The first-order valence-electron chi connectivity index (χ1n) is 13.3. The van der Waals surface area contributed by atoms with Crippen LogP contribution in [0.4, 0.5) is 5.69 Å². The molecular weight excluding hydrogens is 438 g/mol. The van der Waals surface area contributed by atoms with Gasteiger partial charge in [0.25, 0.3) is 0 Å². The lowest BCUT2D eigenvalue weighted by Gasteiger charge is -2.39. The van der Waals surface area contributed by atoms with Crippen LogP contribution in [0.3, 0.4) is 0 Å². The molecule has 2 aromatic heterocycles. The van der Waals surface area contributed by atoms with Gasteiger partial charge in [0.15, 0.2) is 11.3 Å². The van der Waals surface area contributed by atoms with Gasteiger partial charge in [0.1, 0.15) is 0 Å².